The van der Waals surface area contributed by atoms with Crippen LogP contribution in [0.15, 0.2) is 36.5 Å². The first kappa shape index (κ1) is 15.7. The van der Waals surface area contributed by atoms with Crippen LogP contribution in [0.5, 0.6) is 0 Å². The third kappa shape index (κ3) is 3.96. The Hall–Kier alpha value is -2.21. The molecule has 0 unspecified atom stereocenters. The van der Waals surface area contributed by atoms with Crippen molar-refractivity contribution in [1.82, 2.24) is 20.1 Å². The number of nitrogens with zero attached hydrogens (tertiary/aromatic N) is 6. The second-order valence-corrected chi connectivity index (χ2v) is 5.88. The van der Waals surface area contributed by atoms with Crippen LogP contribution in [0.3, 0.4) is 0 Å². The Morgan fingerprint density at radius 1 is 1.09 bits per heavy atom. The molecule has 1 aromatic heterocycles. The van der Waals surface area contributed by atoms with Crippen molar-refractivity contribution in [3.05, 3.63) is 42.1 Å². The number of benzene rings is 1. The van der Waals surface area contributed by atoms with E-state index >= 15 is 0 Å². The molecule has 2 heterocycles. The van der Waals surface area contributed by atoms with Gasteiger partial charge in [0.25, 0.3) is 0 Å². The maximum atomic E-state index is 4.70. The highest BCUT2D eigenvalue weighted by atomic mass is 15.4. The van der Waals surface area contributed by atoms with Crippen LogP contribution < -0.4 is 9.80 Å². The first-order valence-electron chi connectivity index (χ1n) is 8.18. The molecule has 0 spiro atoms. The van der Waals surface area contributed by atoms with Crippen LogP contribution >= 0.6 is 0 Å². The third-order valence-electron chi connectivity index (χ3n) is 4.28. The van der Waals surface area contributed by atoms with Crippen molar-refractivity contribution in [1.29, 1.82) is 0 Å². The summed E-state index contributed by atoms with van der Waals surface area (Å²) in [5.74, 6) is 1.59. The van der Waals surface area contributed by atoms with Gasteiger partial charge in [-0.05, 0) is 12.1 Å². The second-order valence-electron chi connectivity index (χ2n) is 5.88. The summed E-state index contributed by atoms with van der Waals surface area (Å²) < 4.78 is 0. The average Bonchev–Trinajstić information content (AvgIpc) is 2.63. The molecule has 1 saturated heterocycles. The Bertz CT molecular complexity index is 609. The molecule has 0 bridgehead atoms. The Balaban J connectivity index is 1.67. The lowest BCUT2D eigenvalue weighted by atomic mass is 10.2. The molecule has 0 saturated carbocycles. The van der Waals surface area contributed by atoms with Crippen LogP contribution in [0.4, 0.5) is 11.8 Å². The van der Waals surface area contributed by atoms with Gasteiger partial charge in [0.15, 0.2) is 5.82 Å². The molecular weight excluding hydrogens is 288 g/mol. The van der Waals surface area contributed by atoms with Crippen LogP contribution in [-0.4, -0.2) is 59.9 Å². The smallest absolute Gasteiger partial charge is 0.247 e. The van der Waals surface area contributed by atoms with Crippen LogP contribution in [-0.2, 0) is 6.54 Å². The Kier molecular flexibility index (Phi) is 5.02. The number of hydrogen-bond donors (Lipinski definition) is 0. The molecule has 0 radical (unpaired) electrons. The number of rotatable bonds is 5. The van der Waals surface area contributed by atoms with Crippen molar-refractivity contribution in [2.45, 2.75) is 13.5 Å². The minimum absolute atomic E-state index is 0.671. The molecular formula is C17H24N6. The normalized spacial score (nSPS) is 15.7. The van der Waals surface area contributed by atoms with Gasteiger partial charge in [0, 0.05) is 39.8 Å². The van der Waals surface area contributed by atoms with Gasteiger partial charge >= 0.3 is 0 Å². The minimum atomic E-state index is 0.671. The van der Waals surface area contributed by atoms with E-state index in [4.69, 9.17) is 4.98 Å². The summed E-state index contributed by atoms with van der Waals surface area (Å²) in [4.78, 5) is 11.5. The van der Waals surface area contributed by atoms with Crippen LogP contribution in [0.25, 0.3) is 0 Å². The lowest BCUT2D eigenvalue weighted by molar-refractivity contribution is 0.270. The van der Waals surface area contributed by atoms with Crippen LogP contribution in [0, 0.1) is 0 Å². The summed E-state index contributed by atoms with van der Waals surface area (Å²) in [7, 11) is 2.00. The third-order valence-corrected chi connectivity index (χ3v) is 4.28. The second kappa shape index (κ2) is 7.37. The van der Waals surface area contributed by atoms with E-state index < -0.39 is 0 Å². The number of anilines is 2. The molecule has 6 nitrogen and oxygen atoms in total. The zero-order valence-electron chi connectivity index (χ0n) is 13.9. The standard InChI is InChI=1S/C17H24N6/c1-3-22-9-11-23(12-10-22)16-13-18-20-17(19-16)21(2)14-15-7-5-4-6-8-15/h4-8,13H,3,9-12,14H2,1-2H3. The van der Waals surface area contributed by atoms with Crippen molar-refractivity contribution in [2.24, 2.45) is 0 Å². The predicted octanol–water partition coefficient (Wildman–Crippen LogP) is 1.65. The van der Waals surface area contributed by atoms with Gasteiger partial charge < -0.3 is 14.7 Å². The fourth-order valence-electron chi connectivity index (χ4n) is 2.82. The van der Waals surface area contributed by atoms with Crippen LogP contribution in [0.2, 0.25) is 0 Å². The Labute approximate surface area is 137 Å². The minimum Gasteiger partial charge on any atom is -0.353 e. The summed E-state index contributed by atoms with van der Waals surface area (Å²) in [5, 5.41) is 8.34. The van der Waals surface area contributed by atoms with E-state index in [1.807, 2.05) is 30.1 Å². The molecule has 23 heavy (non-hydrogen) atoms. The molecule has 0 N–H and O–H groups in total. The van der Waals surface area contributed by atoms with E-state index in [1.165, 1.54) is 5.56 Å². The van der Waals surface area contributed by atoms with Crippen molar-refractivity contribution >= 4 is 11.8 Å². The van der Waals surface area contributed by atoms with E-state index in [1.54, 1.807) is 6.20 Å². The molecule has 1 aliphatic heterocycles. The van der Waals surface area contributed by atoms with Crippen molar-refractivity contribution in [3.8, 4) is 0 Å². The van der Waals surface area contributed by atoms with Gasteiger partial charge in [-0.25, -0.2) is 0 Å². The fourth-order valence-corrected chi connectivity index (χ4v) is 2.82. The van der Waals surface area contributed by atoms with Gasteiger partial charge in [0.2, 0.25) is 5.95 Å². The Morgan fingerprint density at radius 3 is 2.52 bits per heavy atom. The largest absolute Gasteiger partial charge is 0.353 e. The van der Waals surface area contributed by atoms with Crippen LogP contribution in [0.1, 0.15) is 12.5 Å². The Morgan fingerprint density at radius 2 is 1.83 bits per heavy atom. The highest BCUT2D eigenvalue weighted by Gasteiger charge is 2.18. The topological polar surface area (TPSA) is 48.4 Å². The van der Waals surface area contributed by atoms with Crippen molar-refractivity contribution < 1.29 is 0 Å². The van der Waals surface area contributed by atoms with Gasteiger partial charge in [-0.3, -0.25) is 0 Å². The summed E-state index contributed by atoms with van der Waals surface area (Å²) in [6, 6.07) is 10.3. The highest BCUT2D eigenvalue weighted by molar-refractivity contribution is 5.42. The zero-order chi connectivity index (χ0) is 16.1. The van der Waals surface area contributed by atoms with Crippen molar-refractivity contribution in [2.75, 3.05) is 49.6 Å². The quantitative estimate of drug-likeness (QED) is 0.837. The summed E-state index contributed by atoms with van der Waals surface area (Å²) in [5.41, 5.74) is 1.24. The van der Waals surface area contributed by atoms with Gasteiger partial charge in [0.05, 0.1) is 6.20 Å². The number of hydrogen-bond acceptors (Lipinski definition) is 6. The highest BCUT2D eigenvalue weighted by Crippen LogP contribution is 2.16. The van der Waals surface area contributed by atoms with Gasteiger partial charge in [-0.1, -0.05) is 37.3 Å². The van der Waals surface area contributed by atoms with Crippen molar-refractivity contribution in [3.63, 3.8) is 0 Å². The summed E-state index contributed by atoms with van der Waals surface area (Å²) in [6.45, 7) is 8.24. The molecule has 1 fully saturated rings. The van der Waals surface area contributed by atoms with E-state index in [0.29, 0.717) is 5.95 Å². The molecule has 1 aromatic carbocycles. The lowest BCUT2D eigenvalue weighted by Crippen LogP contribution is -2.46. The maximum Gasteiger partial charge on any atom is 0.247 e. The van der Waals surface area contributed by atoms with E-state index in [2.05, 4.69) is 39.1 Å². The first-order valence-corrected chi connectivity index (χ1v) is 8.18. The molecule has 3 rings (SSSR count). The fraction of sp³-hybridized carbons (Fsp3) is 0.471. The molecule has 1 aliphatic rings. The van der Waals surface area contributed by atoms with Gasteiger partial charge in [-0.15, -0.1) is 5.10 Å². The molecule has 6 heteroatoms. The van der Waals surface area contributed by atoms with E-state index in [9.17, 15) is 0 Å². The number of piperazine rings is 1. The maximum absolute atomic E-state index is 4.70. The van der Waals surface area contributed by atoms with E-state index in [0.717, 1.165) is 45.1 Å². The molecule has 0 atom stereocenters. The molecule has 0 amide bonds. The first-order chi connectivity index (χ1) is 11.3. The lowest BCUT2D eigenvalue weighted by Gasteiger charge is -2.34. The summed E-state index contributed by atoms with van der Waals surface area (Å²) in [6.07, 6.45) is 1.77. The van der Waals surface area contributed by atoms with Gasteiger partial charge in [0.1, 0.15) is 0 Å². The molecule has 122 valence electrons. The predicted molar refractivity (Wildman–Crippen MR) is 92.7 cm³/mol. The van der Waals surface area contributed by atoms with Gasteiger partial charge in [-0.2, -0.15) is 10.1 Å². The van der Waals surface area contributed by atoms with E-state index in [-0.39, 0.29) is 0 Å². The average molecular weight is 312 g/mol. The molecule has 0 aliphatic carbocycles. The number of aromatic nitrogens is 3. The summed E-state index contributed by atoms with van der Waals surface area (Å²) >= 11 is 0. The zero-order valence-corrected chi connectivity index (χ0v) is 13.9. The monoisotopic (exact) mass is 312 g/mol. The SMILES string of the molecule is CCN1CCN(c2cnnc(N(C)Cc3ccccc3)n2)CC1. The number of likely N-dealkylation sites (N-methyl/N-ethyl adjacent to an activating group) is 1. The molecule has 2 aromatic rings.